The molecular formula is C15H10ClN5O2S. The molecule has 1 heterocycles. The highest BCUT2D eigenvalue weighted by atomic mass is 35.5. The predicted octanol–water partition coefficient (Wildman–Crippen LogP) is 5.37. The van der Waals surface area contributed by atoms with Gasteiger partial charge in [0.25, 0.3) is 5.69 Å². The van der Waals surface area contributed by atoms with E-state index in [-0.39, 0.29) is 5.69 Å². The van der Waals surface area contributed by atoms with Gasteiger partial charge in [0.05, 0.1) is 10.6 Å². The minimum Gasteiger partial charge on any atom is -0.375 e. The van der Waals surface area contributed by atoms with Gasteiger partial charge in [-0.1, -0.05) is 35.1 Å². The van der Waals surface area contributed by atoms with Crippen LogP contribution in [0.1, 0.15) is 0 Å². The van der Waals surface area contributed by atoms with Crippen LogP contribution in [0.3, 0.4) is 0 Å². The maximum atomic E-state index is 10.9. The van der Waals surface area contributed by atoms with Crippen molar-refractivity contribution >= 4 is 44.4 Å². The Labute approximate surface area is 145 Å². The van der Waals surface area contributed by atoms with Gasteiger partial charge in [-0.25, -0.2) is 4.98 Å². The molecule has 0 atom stereocenters. The predicted molar refractivity (Wildman–Crippen MR) is 94.2 cm³/mol. The number of nitro groups is 1. The molecule has 0 radical (unpaired) electrons. The Kier molecular flexibility index (Phi) is 4.50. The van der Waals surface area contributed by atoms with E-state index in [4.69, 9.17) is 17.3 Å². The Hall–Kier alpha value is -2.84. The third kappa shape index (κ3) is 3.55. The molecule has 0 unspecified atom stereocenters. The lowest BCUT2D eigenvalue weighted by molar-refractivity contribution is -0.384. The van der Waals surface area contributed by atoms with Crippen LogP contribution in [-0.4, -0.2) is 9.91 Å². The summed E-state index contributed by atoms with van der Waals surface area (Å²) in [6.07, 6.45) is 0. The quantitative estimate of drug-likeness (QED) is 0.383. The number of nitrogen functional groups attached to an aromatic ring is 1. The minimum absolute atomic E-state index is 0.0281. The van der Waals surface area contributed by atoms with Crippen LogP contribution >= 0.6 is 22.9 Å². The van der Waals surface area contributed by atoms with Crippen molar-refractivity contribution < 1.29 is 4.92 Å². The van der Waals surface area contributed by atoms with E-state index in [0.29, 0.717) is 32.1 Å². The molecule has 0 aliphatic heterocycles. The van der Waals surface area contributed by atoms with E-state index in [1.54, 1.807) is 36.4 Å². The van der Waals surface area contributed by atoms with Gasteiger partial charge in [-0.3, -0.25) is 10.1 Å². The molecular weight excluding hydrogens is 350 g/mol. The van der Waals surface area contributed by atoms with Gasteiger partial charge >= 0.3 is 0 Å². The van der Waals surface area contributed by atoms with Crippen molar-refractivity contribution in [2.45, 2.75) is 0 Å². The molecule has 0 bridgehead atoms. The molecule has 7 nitrogen and oxygen atoms in total. The first-order chi connectivity index (χ1) is 11.5. The Morgan fingerprint density at radius 2 is 1.92 bits per heavy atom. The van der Waals surface area contributed by atoms with Crippen molar-refractivity contribution in [3.8, 4) is 11.3 Å². The Bertz CT molecular complexity index is 924. The zero-order valence-electron chi connectivity index (χ0n) is 12.1. The van der Waals surface area contributed by atoms with Crippen molar-refractivity contribution in [2.75, 3.05) is 5.73 Å². The number of nitrogens with zero attached hydrogens (tertiary/aromatic N) is 4. The van der Waals surface area contributed by atoms with Gasteiger partial charge in [0.15, 0.2) is 10.1 Å². The van der Waals surface area contributed by atoms with Crippen molar-refractivity contribution in [3.05, 3.63) is 63.7 Å². The summed E-state index contributed by atoms with van der Waals surface area (Å²) in [5.74, 6) is 0. The highest BCUT2D eigenvalue weighted by Gasteiger charge is 2.15. The average Bonchev–Trinajstić information content (AvgIpc) is 2.95. The molecule has 24 heavy (non-hydrogen) atoms. The SMILES string of the molecule is Nc1nc(-c2cccc([N+](=O)[O-])c2)c(N=Nc2ccc(Cl)cc2)s1. The van der Waals surface area contributed by atoms with Crippen LogP contribution in [0, 0.1) is 10.1 Å². The highest BCUT2D eigenvalue weighted by molar-refractivity contribution is 7.19. The molecule has 0 aliphatic carbocycles. The lowest BCUT2D eigenvalue weighted by Gasteiger charge is -1.98. The zero-order chi connectivity index (χ0) is 17.1. The van der Waals surface area contributed by atoms with E-state index in [0.717, 1.165) is 11.3 Å². The maximum absolute atomic E-state index is 10.9. The summed E-state index contributed by atoms with van der Waals surface area (Å²) < 4.78 is 0. The molecule has 0 aliphatic rings. The number of hydrogen-bond acceptors (Lipinski definition) is 7. The van der Waals surface area contributed by atoms with Gasteiger partial charge in [0, 0.05) is 22.7 Å². The first kappa shape index (κ1) is 16.0. The molecule has 0 spiro atoms. The van der Waals surface area contributed by atoms with Crippen LogP contribution in [0.2, 0.25) is 5.02 Å². The molecule has 0 amide bonds. The highest BCUT2D eigenvalue weighted by Crippen LogP contribution is 2.38. The summed E-state index contributed by atoms with van der Waals surface area (Å²) >= 11 is 6.98. The van der Waals surface area contributed by atoms with Crippen molar-refractivity contribution in [1.82, 2.24) is 4.98 Å². The van der Waals surface area contributed by atoms with E-state index >= 15 is 0 Å². The van der Waals surface area contributed by atoms with Crippen LogP contribution < -0.4 is 5.73 Å². The second kappa shape index (κ2) is 6.73. The van der Waals surface area contributed by atoms with Gasteiger partial charge in [-0.15, -0.1) is 10.2 Å². The number of benzene rings is 2. The summed E-state index contributed by atoms with van der Waals surface area (Å²) in [5.41, 5.74) is 7.37. The van der Waals surface area contributed by atoms with Gasteiger partial charge in [-0.2, -0.15) is 0 Å². The Morgan fingerprint density at radius 1 is 1.17 bits per heavy atom. The molecule has 0 saturated carbocycles. The number of nitro benzene ring substituents is 1. The van der Waals surface area contributed by atoms with Crippen molar-refractivity contribution in [1.29, 1.82) is 0 Å². The minimum atomic E-state index is -0.464. The van der Waals surface area contributed by atoms with Crippen molar-refractivity contribution in [2.24, 2.45) is 10.2 Å². The number of nitrogens with two attached hydrogens (primary N) is 1. The van der Waals surface area contributed by atoms with Crippen LogP contribution in [0.5, 0.6) is 0 Å². The summed E-state index contributed by atoms with van der Waals surface area (Å²) in [4.78, 5) is 14.7. The van der Waals surface area contributed by atoms with E-state index in [1.807, 2.05) is 0 Å². The fourth-order valence-corrected chi connectivity index (χ4v) is 2.76. The molecule has 1 aromatic heterocycles. The smallest absolute Gasteiger partial charge is 0.270 e. The van der Waals surface area contributed by atoms with E-state index in [1.165, 1.54) is 12.1 Å². The molecule has 0 fully saturated rings. The molecule has 0 saturated heterocycles. The molecule has 2 N–H and O–H groups in total. The van der Waals surface area contributed by atoms with Crippen LogP contribution in [-0.2, 0) is 0 Å². The van der Waals surface area contributed by atoms with E-state index in [2.05, 4.69) is 15.2 Å². The van der Waals surface area contributed by atoms with E-state index in [9.17, 15) is 10.1 Å². The number of non-ortho nitro benzene ring substituents is 1. The summed E-state index contributed by atoms with van der Waals surface area (Å²) in [6.45, 7) is 0. The molecule has 120 valence electrons. The van der Waals surface area contributed by atoms with Crippen LogP contribution in [0.25, 0.3) is 11.3 Å². The second-order valence-electron chi connectivity index (χ2n) is 4.69. The summed E-state index contributed by atoms with van der Waals surface area (Å²) in [6, 6.07) is 13.0. The number of azo groups is 1. The normalized spacial score (nSPS) is 11.0. The lowest BCUT2D eigenvalue weighted by atomic mass is 10.1. The van der Waals surface area contributed by atoms with Gasteiger partial charge < -0.3 is 5.73 Å². The standard InChI is InChI=1S/C15H10ClN5O2S/c16-10-4-6-11(7-5-10)19-20-14-13(18-15(17)24-14)9-2-1-3-12(8-9)21(22)23/h1-8H,(H2,17,18). The second-order valence-corrected chi connectivity index (χ2v) is 6.14. The third-order valence-corrected chi connectivity index (χ3v) is 4.06. The van der Waals surface area contributed by atoms with Crippen LogP contribution in [0.4, 0.5) is 21.5 Å². The lowest BCUT2D eigenvalue weighted by Crippen LogP contribution is -1.88. The number of aromatic nitrogens is 1. The molecule has 3 rings (SSSR count). The number of hydrogen-bond donors (Lipinski definition) is 1. The zero-order valence-corrected chi connectivity index (χ0v) is 13.7. The number of anilines is 1. The number of halogens is 1. The monoisotopic (exact) mass is 359 g/mol. The fraction of sp³-hybridized carbons (Fsp3) is 0. The Morgan fingerprint density at radius 3 is 2.62 bits per heavy atom. The molecule has 3 aromatic rings. The molecule has 2 aromatic carbocycles. The first-order valence-corrected chi connectivity index (χ1v) is 7.91. The maximum Gasteiger partial charge on any atom is 0.270 e. The first-order valence-electron chi connectivity index (χ1n) is 6.71. The van der Waals surface area contributed by atoms with E-state index < -0.39 is 4.92 Å². The summed E-state index contributed by atoms with van der Waals surface area (Å²) in [7, 11) is 0. The largest absolute Gasteiger partial charge is 0.375 e. The average molecular weight is 360 g/mol. The number of rotatable bonds is 4. The van der Waals surface area contributed by atoms with Crippen molar-refractivity contribution in [3.63, 3.8) is 0 Å². The topological polar surface area (TPSA) is 107 Å². The van der Waals surface area contributed by atoms with Crippen LogP contribution in [0.15, 0.2) is 58.8 Å². The Balaban J connectivity index is 1.97. The van der Waals surface area contributed by atoms with Gasteiger partial charge in [0.2, 0.25) is 0 Å². The fourth-order valence-electron chi connectivity index (χ4n) is 1.96. The molecule has 9 heteroatoms. The summed E-state index contributed by atoms with van der Waals surface area (Å²) in [5, 5.41) is 20.6. The van der Waals surface area contributed by atoms with Gasteiger partial charge in [-0.05, 0) is 24.3 Å². The van der Waals surface area contributed by atoms with Gasteiger partial charge in [0.1, 0.15) is 5.69 Å². The third-order valence-electron chi connectivity index (χ3n) is 3.04. The number of thiazole rings is 1.